The van der Waals surface area contributed by atoms with Crippen molar-refractivity contribution < 1.29 is 24.1 Å². The highest BCUT2D eigenvalue weighted by molar-refractivity contribution is 5.99. The molecule has 2 aromatic rings. The second-order valence-electron chi connectivity index (χ2n) is 5.16. The maximum Gasteiger partial charge on any atom is 0.259 e. The van der Waals surface area contributed by atoms with Crippen molar-refractivity contribution in [2.75, 3.05) is 21.3 Å². The molecule has 2 aromatic carbocycles. The fourth-order valence-corrected chi connectivity index (χ4v) is 2.39. The molecular weight excluding hydrogens is 310 g/mol. The molecular formula is C18H21NO5. The van der Waals surface area contributed by atoms with Crippen LogP contribution in [0.25, 0.3) is 0 Å². The van der Waals surface area contributed by atoms with Crippen LogP contribution in [0.5, 0.6) is 23.0 Å². The van der Waals surface area contributed by atoms with Crippen molar-refractivity contribution >= 4 is 5.91 Å². The van der Waals surface area contributed by atoms with Crippen LogP contribution in [0.2, 0.25) is 0 Å². The largest absolute Gasteiger partial charge is 0.507 e. The van der Waals surface area contributed by atoms with Crippen molar-refractivity contribution in [1.82, 2.24) is 5.32 Å². The third-order valence-electron chi connectivity index (χ3n) is 3.71. The molecule has 0 spiro atoms. The maximum atomic E-state index is 12.5. The van der Waals surface area contributed by atoms with Gasteiger partial charge in [-0.25, -0.2) is 0 Å². The molecule has 0 radical (unpaired) electrons. The highest BCUT2D eigenvalue weighted by atomic mass is 16.5. The van der Waals surface area contributed by atoms with Gasteiger partial charge in [0.1, 0.15) is 17.1 Å². The lowest BCUT2D eigenvalue weighted by Crippen LogP contribution is -2.27. The molecule has 0 aliphatic rings. The van der Waals surface area contributed by atoms with E-state index in [1.807, 2.05) is 13.0 Å². The van der Waals surface area contributed by atoms with Gasteiger partial charge in [-0.1, -0.05) is 12.1 Å². The van der Waals surface area contributed by atoms with Crippen LogP contribution in [0.15, 0.2) is 36.4 Å². The van der Waals surface area contributed by atoms with Crippen LogP contribution in [0, 0.1) is 0 Å². The summed E-state index contributed by atoms with van der Waals surface area (Å²) in [5.74, 6) is 0.948. The van der Waals surface area contributed by atoms with E-state index in [4.69, 9.17) is 14.2 Å². The molecule has 6 nitrogen and oxygen atoms in total. The molecule has 0 heterocycles. The van der Waals surface area contributed by atoms with E-state index in [0.717, 1.165) is 5.56 Å². The number of hydrogen-bond donors (Lipinski definition) is 2. The van der Waals surface area contributed by atoms with E-state index in [1.54, 1.807) is 38.5 Å². The zero-order valence-corrected chi connectivity index (χ0v) is 14.1. The molecule has 1 amide bonds. The summed E-state index contributed by atoms with van der Waals surface area (Å²) in [5.41, 5.74) is 0.947. The number of carbonyl (C=O) groups excluding carboxylic acids is 1. The maximum absolute atomic E-state index is 12.5. The van der Waals surface area contributed by atoms with Gasteiger partial charge in [-0.3, -0.25) is 4.79 Å². The first kappa shape index (κ1) is 17.5. The summed E-state index contributed by atoms with van der Waals surface area (Å²) in [6.45, 7) is 1.84. The van der Waals surface area contributed by atoms with Gasteiger partial charge < -0.3 is 24.6 Å². The Hall–Kier alpha value is -2.89. The number of nitrogens with one attached hydrogen (secondary N) is 1. The SMILES string of the molecule is COc1ccc(C(C)NC(=O)c2c(O)cccc2OC)cc1OC. The third kappa shape index (κ3) is 3.53. The lowest BCUT2D eigenvalue weighted by molar-refractivity contribution is 0.0934. The Kier molecular flexibility index (Phi) is 5.52. The number of hydrogen-bond acceptors (Lipinski definition) is 5. The highest BCUT2D eigenvalue weighted by Crippen LogP contribution is 2.31. The number of phenols is 1. The summed E-state index contributed by atoms with van der Waals surface area (Å²) in [5, 5.41) is 12.8. The first-order valence-electron chi connectivity index (χ1n) is 7.40. The van der Waals surface area contributed by atoms with E-state index in [9.17, 15) is 9.90 Å². The number of carbonyl (C=O) groups is 1. The smallest absolute Gasteiger partial charge is 0.259 e. The van der Waals surface area contributed by atoms with Gasteiger partial charge in [0.05, 0.1) is 27.4 Å². The van der Waals surface area contributed by atoms with Crippen LogP contribution >= 0.6 is 0 Å². The van der Waals surface area contributed by atoms with Crippen LogP contribution in [-0.4, -0.2) is 32.3 Å². The molecule has 2 rings (SSSR count). The van der Waals surface area contributed by atoms with Crippen molar-refractivity contribution in [3.8, 4) is 23.0 Å². The minimum Gasteiger partial charge on any atom is -0.507 e. The van der Waals surface area contributed by atoms with Crippen molar-refractivity contribution in [1.29, 1.82) is 0 Å². The van der Waals surface area contributed by atoms with E-state index in [0.29, 0.717) is 17.2 Å². The summed E-state index contributed by atoms with van der Waals surface area (Å²) < 4.78 is 15.6. The molecule has 0 saturated carbocycles. The Labute approximate surface area is 141 Å². The van der Waals surface area contributed by atoms with Gasteiger partial charge in [-0.15, -0.1) is 0 Å². The zero-order chi connectivity index (χ0) is 17.7. The lowest BCUT2D eigenvalue weighted by Gasteiger charge is -2.18. The molecule has 0 aliphatic carbocycles. The summed E-state index contributed by atoms with van der Waals surface area (Å²) in [7, 11) is 4.56. The van der Waals surface area contributed by atoms with Gasteiger partial charge in [0.2, 0.25) is 0 Å². The summed E-state index contributed by atoms with van der Waals surface area (Å²) in [6, 6.07) is 9.79. The fraction of sp³-hybridized carbons (Fsp3) is 0.278. The van der Waals surface area contributed by atoms with Crippen LogP contribution in [0.4, 0.5) is 0 Å². The van der Waals surface area contributed by atoms with Crippen LogP contribution in [-0.2, 0) is 0 Å². The van der Waals surface area contributed by atoms with Crippen LogP contribution in [0.3, 0.4) is 0 Å². The van der Waals surface area contributed by atoms with Crippen LogP contribution in [0.1, 0.15) is 28.9 Å². The predicted molar refractivity (Wildman–Crippen MR) is 90.1 cm³/mol. The number of methoxy groups -OCH3 is 3. The topological polar surface area (TPSA) is 77.0 Å². The molecule has 128 valence electrons. The van der Waals surface area contributed by atoms with E-state index >= 15 is 0 Å². The molecule has 0 bridgehead atoms. The lowest BCUT2D eigenvalue weighted by atomic mass is 10.1. The van der Waals surface area contributed by atoms with Crippen molar-refractivity contribution in [2.45, 2.75) is 13.0 Å². The highest BCUT2D eigenvalue weighted by Gasteiger charge is 2.20. The quantitative estimate of drug-likeness (QED) is 0.851. The number of ether oxygens (including phenoxy) is 3. The Morgan fingerprint density at radius 3 is 2.29 bits per heavy atom. The number of rotatable bonds is 6. The van der Waals surface area contributed by atoms with Gasteiger partial charge in [0.25, 0.3) is 5.91 Å². The normalized spacial score (nSPS) is 11.5. The summed E-state index contributed by atoms with van der Waals surface area (Å²) >= 11 is 0. The van der Waals surface area contributed by atoms with E-state index in [1.165, 1.54) is 13.2 Å². The molecule has 0 saturated heterocycles. The van der Waals surface area contributed by atoms with Gasteiger partial charge in [-0.05, 0) is 36.8 Å². The van der Waals surface area contributed by atoms with Gasteiger partial charge in [0.15, 0.2) is 11.5 Å². The number of amides is 1. The first-order valence-corrected chi connectivity index (χ1v) is 7.40. The van der Waals surface area contributed by atoms with Gasteiger partial charge in [-0.2, -0.15) is 0 Å². The Bertz CT molecular complexity index is 729. The summed E-state index contributed by atoms with van der Waals surface area (Å²) in [6.07, 6.45) is 0. The Morgan fingerprint density at radius 1 is 1.00 bits per heavy atom. The van der Waals surface area contributed by atoms with Gasteiger partial charge >= 0.3 is 0 Å². The zero-order valence-electron chi connectivity index (χ0n) is 14.1. The second-order valence-corrected chi connectivity index (χ2v) is 5.16. The molecule has 0 aliphatic heterocycles. The molecule has 0 fully saturated rings. The molecule has 1 unspecified atom stereocenters. The van der Waals surface area contributed by atoms with E-state index in [2.05, 4.69) is 5.32 Å². The van der Waals surface area contributed by atoms with E-state index in [-0.39, 0.29) is 17.4 Å². The molecule has 6 heteroatoms. The Morgan fingerprint density at radius 2 is 1.67 bits per heavy atom. The minimum atomic E-state index is -0.424. The molecule has 24 heavy (non-hydrogen) atoms. The van der Waals surface area contributed by atoms with Gasteiger partial charge in [0, 0.05) is 0 Å². The average molecular weight is 331 g/mol. The molecule has 0 aromatic heterocycles. The number of aromatic hydroxyl groups is 1. The van der Waals surface area contributed by atoms with Crippen molar-refractivity contribution in [3.63, 3.8) is 0 Å². The fourth-order valence-electron chi connectivity index (χ4n) is 2.39. The average Bonchev–Trinajstić information content (AvgIpc) is 2.60. The minimum absolute atomic E-state index is 0.104. The predicted octanol–water partition coefficient (Wildman–Crippen LogP) is 2.91. The van der Waals surface area contributed by atoms with Crippen molar-refractivity contribution in [3.05, 3.63) is 47.5 Å². The number of phenolic OH excluding ortho intramolecular Hbond substituents is 1. The summed E-state index contributed by atoms with van der Waals surface area (Å²) in [4.78, 5) is 12.5. The molecule has 1 atom stereocenters. The first-order chi connectivity index (χ1) is 11.5. The second kappa shape index (κ2) is 7.59. The molecule has 2 N–H and O–H groups in total. The number of benzene rings is 2. The van der Waals surface area contributed by atoms with Crippen molar-refractivity contribution in [2.24, 2.45) is 0 Å². The monoisotopic (exact) mass is 331 g/mol. The standard InChI is InChI=1S/C18H21NO5/c1-11(12-8-9-14(22-2)16(10-12)24-4)19-18(21)17-13(20)6-5-7-15(17)23-3/h5-11,20H,1-4H3,(H,19,21). The Balaban J connectivity index is 2.24. The third-order valence-corrected chi connectivity index (χ3v) is 3.71. The van der Waals surface area contributed by atoms with Crippen LogP contribution < -0.4 is 19.5 Å². The van der Waals surface area contributed by atoms with E-state index < -0.39 is 5.91 Å².